The molecule has 1 aromatic rings. The third kappa shape index (κ3) is 4.19. The van der Waals surface area contributed by atoms with Crippen LogP contribution >= 0.6 is 11.6 Å². The normalized spacial score (nSPS) is 21.4. The van der Waals surface area contributed by atoms with Crippen molar-refractivity contribution in [2.45, 2.75) is 13.0 Å². The number of morpholine rings is 1. The van der Waals surface area contributed by atoms with Gasteiger partial charge in [-0.25, -0.2) is 0 Å². The van der Waals surface area contributed by atoms with E-state index < -0.39 is 0 Å². The van der Waals surface area contributed by atoms with Gasteiger partial charge < -0.3 is 10.1 Å². The lowest BCUT2D eigenvalue weighted by atomic mass is 10.3. The van der Waals surface area contributed by atoms with E-state index in [4.69, 9.17) is 16.3 Å². The van der Waals surface area contributed by atoms with Crippen molar-refractivity contribution >= 4 is 17.3 Å². The summed E-state index contributed by atoms with van der Waals surface area (Å²) in [7, 11) is 0. The Bertz CT molecular complexity index is 359. The van der Waals surface area contributed by atoms with E-state index in [0.29, 0.717) is 6.10 Å². The van der Waals surface area contributed by atoms with Crippen molar-refractivity contribution in [1.82, 2.24) is 4.90 Å². The fourth-order valence-corrected chi connectivity index (χ4v) is 2.24. The van der Waals surface area contributed by atoms with Gasteiger partial charge in [0.1, 0.15) is 0 Å². The van der Waals surface area contributed by atoms with Gasteiger partial charge in [0.15, 0.2) is 0 Å². The first-order valence-electron chi connectivity index (χ1n) is 6.07. The number of nitrogens with one attached hydrogen (secondary N) is 1. The highest BCUT2D eigenvalue weighted by atomic mass is 35.5. The molecule has 1 heterocycles. The molecule has 1 N–H and O–H groups in total. The molecule has 17 heavy (non-hydrogen) atoms. The van der Waals surface area contributed by atoms with Gasteiger partial charge in [-0.2, -0.15) is 0 Å². The van der Waals surface area contributed by atoms with Crippen molar-refractivity contribution in [1.29, 1.82) is 0 Å². The Hall–Kier alpha value is -0.770. The molecule has 0 aromatic heterocycles. The summed E-state index contributed by atoms with van der Waals surface area (Å²) in [5.74, 6) is 0. The van der Waals surface area contributed by atoms with E-state index in [9.17, 15) is 0 Å². The van der Waals surface area contributed by atoms with E-state index in [2.05, 4.69) is 17.1 Å². The number of nitrogens with zero attached hydrogens (tertiary/aromatic N) is 1. The summed E-state index contributed by atoms with van der Waals surface area (Å²) in [6.07, 6.45) is 0.356. The Morgan fingerprint density at radius 1 is 1.53 bits per heavy atom. The molecule has 1 aliphatic rings. The highest BCUT2D eigenvalue weighted by Gasteiger charge is 2.15. The van der Waals surface area contributed by atoms with Crippen LogP contribution in [0.3, 0.4) is 0 Å². The first-order valence-corrected chi connectivity index (χ1v) is 6.45. The second kappa shape index (κ2) is 6.24. The van der Waals surface area contributed by atoms with Gasteiger partial charge in [0.05, 0.1) is 12.7 Å². The van der Waals surface area contributed by atoms with Crippen molar-refractivity contribution in [2.75, 3.05) is 38.1 Å². The van der Waals surface area contributed by atoms with Gasteiger partial charge in [0.25, 0.3) is 0 Å². The Balaban J connectivity index is 1.72. The Kier molecular flexibility index (Phi) is 4.66. The first kappa shape index (κ1) is 12.7. The first-order chi connectivity index (χ1) is 8.24. The summed E-state index contributed by atoms with van der Waals surface area (Å²) in [5, 5.41) is 4.15. The molecule has 3 nitrogen and oxygen atoms in total. The fourth-order valence-electron chi connectivity index (χ4n) is 2.05. The second-order valence-corrected chi connectivity index (χ2v) is 4.86. The van der Waals surface area contributed by atoms with Crippen molar-refractivity contribution in [3.8, 4) is 0 Å². The SMILES string of the molecule is CC1CN(CCNc2cccc(Cl)c2)CCO1. The molecule has 0 amide bonds. The molecule has 0 spiro atoms. The fraction of sp³-hybridized carbons (Fsp3) is 0.538. The van der Waals surface area contributed by atoms with Gasteiger partial charge in [0.2, 0.25) is 0 Å². The lowest BCUT2D eigenvalue weighted by Gasteiger charge is -2.31. The summed E-state index contributed by atoms with van der Waals surface area (Å²) in [5.41, 5.74) is 1.08. The van der Waals surface area contributed by atoms with E-state index in [1.807, 2.05) is 24.3 Å². The van der Waals surface area contributed by atoms with Gasteiger partial charge in [-0.15, -0.1) is 0 Å². The van der Waals surface area contributed by atoms with Crippen LogP contribution in [-0.4, -0.2) is 43.8 Å². The number of rotatable bonds is 4. The number of ether oxygens (including phenoxy) is 1. The van der Waals surface area contributed by atoms with Crippen LogP contribution in [0.1, 0.15) is 6.92 Å². The molecule has 0 saturated carbocycles. The van der Waals surface area contributed by atoms with E-state index in [1.165, 1.54) is 0 Å². The summed E-state index contributed by atoms with van der Waals surface area (Å²) >= 11 is 5.92. The quantitative estimate of drug-likeness (QED) is 0.894. The van der Waals surface area contributed by atoms with Crippen LogP contribution in [0.2, 0.25) is 5.02 Å². The molecule has 1 aliphatic heterocycles. The van der Waals surface area contributed by atoms with E-state index >= 15 is 0 Å². The highest BCUT2D eigenvalue weighted by Crippen LogP contribution is 2.14. The molecule has 0 aliphatic carbocycles. The number of hydrogen-bond donors (Lipinski definition) is 1. The van der Waals surface area contributed by atoms with E-state index in [-0.39, 0.29) is 0 Å². The summed E-state index contributed by atoms with van der Waals surface area (Å²) < 4.78 is 5.51. The molecule has 94 valence electrons. The molecular weight excluding hydrogens is 236 g/mol. The zero-order valence-electron chi connectivity index (χ0n) is 10.2. The van der Waals surface area contributed by atoms with Crippen LogP contribution in [0.4, 0.5) is 5.69 Å². The lowest BCUT2D eigenvalue weighted by molar-refractivity contribution is -0.0166. The number of benzene rings is 1. The molecule has 0 radical (unpaired) electrons. The predicted octanol–water partition coefficient (Wildman–Crippen LogP) is 2.47. The van der Waals surface area contributed by atoms with Crippen LogP contribution in [0.25, 0.3) is 0 Å². The number of anilines is 1. The maximum absolute atomic E-state index is 5.92. The van der Waals surface area contributed by atoms with Crippen LogP contribution in [0.5, 0.6) is 0 Å². The average molecular weight is 255 g/mol. The average Bonchev–Trinajstić information content (AvgIpc) is 2.29. The lowest BCUT2D eigenvalue weighted by Crippen LogP contribution is -2.43. The van der Waals surface area contributed by atoms with Crippen LogP contribution in [0, 0.1) is 0 Å². The maximum Gasteiger partial charge on any atom is 0.0674 e. The molecule has 1 atom stereocenters. The summed E-state index contributed by atoms with van der Waals surface area (Å²) in [4.78, 5) is 2.42. The monoisotopic (exact) mass is 254 g/mol. The van der Waals surface area contributed by atoms with Crippen molar-refractivity contribution in [3.05, 3.63) is 29.3 Å². The maximum atomic E-state index is 5.92. The molecule has 1 saturated heterocycles. The Morgan fingerprint density at radius 2 is 2.41 bits per heavy atom. The van der Waals surface area contributed by atoms with Crippen molar-refractivity contribution < 1.29 is 4.74 Å². The van der Waals surface area contributed by atoms with Gasteiger partial charge in [-0.05, 0) is 25.1 Å². The molecular formula is C13H19ClN2O. The molecule has 1 fully saturated rings. The van der Waals surface area contributed by atoms with Gasteiger partial charge in [-0.3, -0.25) is 4.90 Å². The zero-order valence-corrected chi connectivity index (χ0v) is 10.9. The zero-order chi connectivity index (χ0) is 12.1. The molecule has 4 heteroatoms. The van der Waals surface area contributed by atoms with E-state index in [0.717, 1.165) is 43.5 Å². The minimum atomic E-state index is 0.356. The molecule has 1 unspecified atom stereocenters. The molecule has 1 aromatic carbocycles. The van der Waals surface area contributed by atoms with E-state index in [1.54, 1.807) is 0 Å². The van der Waals surface area contributed by atoms with Crippen molar-refractivity contribution in [3.63, 3.8) is 0 Å². The van der Waals surface area contributed by atoms with Crippen LogP contribution in [0.15, 0.2) is 24.3 Å². The van der Waals surface area contributed by atoms with Gasteiger partial charge in [-0.1, -0.05) is 17.7 Å². The van der Waals surface area contributed by atoms with Gasteiger partial charge >= 0.3 is 0 Å². The standard InChI is InChI=1S/C13H19ClN2O/c1-11-10-16(7-8-17-11)6-5-15-13-4-2-3-12(14)9-13/h2-4,9,11,15H,5-8,10H2,1H3. The molecule has 0 bridgehead atoms. The van der Waals surface area contributed by atoms with Crippen LogP contribution < -0.4 is 5.32 Å². The second-order valence-electron chi connectivity index (χ2n) is 4.42. The van der Waals surface area contributed by atoms with Crippen LogP contribution in [-0.2, 0) is 4.74 Å². The highest BCUT2D eigenvalue weighted by molar-refractivity contribution is 6.30. The Labute approximate surface area is 108 Å². The third-order valence-electron chi connectivity index (χ3n) is 2.91. The third-order valence-corrected chi connectivity index (χ3v) is 3.14. The minimum Gasteiger partial charge on any atom is -0.384 e. The largest absolute Gasteiger partial charge is 0.384 e. The topological polar surface area (TPSA) is 24.5 Å². The minimum absolute atomic E-state index is 0.356. The van der Waals surface area contributed by atoms with Crippen molar-refractivity contribution in [2.24, 2.45) is 0 Å². The number of hydrogen-bond acceptors (Lipinski definition) is 3. The summed E-state index contributed by atoms with van der Waals surface area (Å²) in [6, 6.07) is 7.83. The predicted molar refractivity (Wildman–Crippen MR) is 71.8 cm³/mol. The smallest absolute Gasteiger partial charge is 0.0674 e. The molecule has 2 rings (SSSR count). The Morgan fingerprint density at radius 3 is 3.18 bits per heavy atom. The number of halogens is 1. The van der Waals surface area contributed by atoms with Gasteiger partial charge in [0, 0.05) is 36.9 Å². The summed E-state index contributed by atoms with van der Waals surface area (Å²) in [6.45, 7) is 7.00.